The van der Waals surface area contributed by atoms with Crippen LogP contribution in [0.1, 0.15) is 31.2 Å². The van der Waals surface area contributed by atoms with Gasteiger partial charge in [-0.25, -0.2) is 4.79 Å². The number of methoxy groups -OCH3 is 1. The number of primary amides is 1. The lowest BCUT2D eigenvalue weighted by molar-refractivity contribution is -0.148. The first-order chi connectivity index (χ1) is 16.2. The third-order valence-electron chi connectivity index (χ3n) is 5.87. The van der Waals surface area contributed by atoms with Crippen molar-refractivity contribution in [2.75, 3.05) is 20.7 Å². The fourth-order valence-corrected chi connectivity index (χ4v) is 3.98. The van der Waals surface area contributed by atoms with Crippen LogP contribution >= 0.6 is 0 Å². The Balaban J connectivity index is 2.28. The average molecular weight is 473 g/mol. The molecule has 34 heavy (non-hydrogen) atoms. The van der Waals surface area contributed by atoms with Gasteiger partial charge in [-0.2, -0.15) is 0 Å². The van der Waals surface area contributed by atoms with Gasteiger partial charge < -0.3 is 25.6 Å². The molecule has 0 unspecified atom stereocenters. The quantitative estimate of drug-likeness (QED) is 0.347. The summed E-state index contributed by atoms with van der Waals surface area (Å²) in [7, 11) is 2.68. The largest absolute Gasteiger partial charge is 0.467 e. The van der Waals surface area contributed by atoms with E-state index < -0.39 is 35.9 Å². The molecule has 0 spiro atoms. The van der Waals surface area contributed by atoms with Gasteiger partial charge in [0.2, 0.25) is 23.6 Å². The fourth-order valence-electron chi connectivity index (χ4n) is 3.98. The van der Waals surface area contributed by atoms with Crippen LogP contribution in [0.4, 0.5) is 0 Å². The highest BCUT2D eigenvalue weighted by Crippen LogP contribution is 2.21. The number of nitrogens with one attached hydrogen (secondary N) is 1. The third-order valence-corrected chi connectivity index (χ3v) is 5.87. The molecule has 1 aliphatic heterocycles. The smallest absolute Gasteiger partial charge is 0.328 e. The number of hydrogen-bond acceptors (Lipinski definition) is 6. The van der Waals surface area contributed by atoms with Gasteiger partial charge in [0.05, 0.1) is 7.11 Å². The van der Waals surface area contributed by atoms with Gasteiger partial charge in [-0.1, -0.05) is 36.9 Å². The Morgan fingerprint density at radius 3 is 2.53 bits per heavy atom. The van der Waals surface area contributed by atoms with Crippen LogP contribution in [0.25, 0.3) is 0 Å². The Labute approximate surface area is 199 Å². The van der Waals surface area contributed by atoms with E-state index in [0.717, 1.165) is 5.56 Å². The Kier molecular flexibility index (Phi) is 9.78. The van der Waals surface area contributed by atoms with E-state index in [4.69, 9.17) is 10.5 Å². The second-order valence-electron chi connectivity index (χ2n) is 8.14. The molecule has 1 fully saturated rings. The van der Waals surface area contributed by atoms with E-state index in [0.29, 0.717) is 19.4 Å². The predicted molar refractivity (Wildman–Crippen MR) is 124 cm³/mol. The van der Waals surface area contributed by atoms with Gasteiger partial charge in [-0.05, 0) is 30.9 Å². The number of benzene rings is 1. The first kappa shape index (κ1) is 26.6. The number of rotatable bonds is 11. The Hall–Kier alpha value is -3.69. The summed E-state index contributed by atoms with van der Waals surface area (Å²) in [5, 5.41) is 2.60. The molecule has 0 bridgehead atoms. The van der Waals surface area contributed by atoms with Crippen molar-refractivity contribution in [1.29, 1.82) is 0 Å². The van der Waals surface area contributed by atoms with Crippen molar-refractivity contribution in [2.24, 2.45) is 5.73 Å². The van der Waals surface area contributed by atoms with E-state index in [2.05, 4.69) is 11.9 Å². The van der Waals surface area contributed by atoms with Crippen molar-refractivity contribution in [2.45, 2.75) is 50.2 Å². The maximum absolute atomic E-state index is 13.4. The molecule has 0 aliphatic carbocycles. The summed E-state index contributed by atoms with van der Waals surface area (Å²) in [6.07, 6.45) is 2.33. The van der Waals surface area contributed by atoms with Gasteiger partial charge in [-0.3, -0.25) is 19.2 Å². The highest BCUT2D eigenvalue weighted by atomic mass is 16.5. The topological polar surface area (TPSA) is 139 Å². The molecule has 0 aromatic heterocycles. The summed E-state index contributed by atoms with van der Waals surface area (Å²) >= 11 is 0. The molecule has 2 rings (SSSR count). The number of carbonyl (C=O) groups is 5. The van der Waals surface area contributed by atoms with Gasteiger partial charge >= 0.3 is 5.97 Å². The maximum atomic E-state index is 13.4. The number of esters is 1. The molecule has 1 aromatic carbocycles. The lowest BCUT2D eigenvalue weighted by Gasteiger charge is -2.33. The van der Waals surface area contributed by atoms with Gasteiger partial charge in [0.1, 0.15) is 18.1 Å². The van der Waals surface area contributed by atoms with Crippen LogP contribution in [0.3, 0.4) is 0 Å². The van der Waals surface area contributed by atoms with Crippen LogP contribution in [-0.2, 0) is 35.1 Å². The third kappa shape index (κ3) is 6.90. The number of likely N-dealkylation sites (tertiary alicyclic amines) is 1. The standard InChI is InChI=1S/C24H32N4O6/c1-4-21(30)28-14-8-11-18(28)23(32)27(2)19(15-16-9-6-5-7-10-16)22(31)26-17(24(33)34-3)12-13-20(25)29/h4-7,9-10,17-19H,1,8,11-15H2,2-3H3,(H2,25,29)(H,26,31)/t17-,18-,19-/m0/s1. The molecule has 0 saturated carbocycles. The lowest BCUT2D eigenvalue weighted by Crippen LogP contribution is -2.56. The minimum absolute atomic E-state index is 0.0340. The molecular weight excluding hydrogens is 440 g/mol. The molecule has 1 aliphatic rings. The lowest BCUT2D eigenvalue weighted by atomic mass is 10.0. The highest BCUT2D eigenvalue weighted by Gasteiger charge is 2.39. The summed E-state index contributed by atoms with van der Waals surface area (Å²) in [4.78, 5) is 65.0. The van der Waals surface area contributed by atoms with Gasteiger partial charge in [0.25, 0.3) is 0 Å². The molecule has 1 saturated heterocycles. The summed E-state index contributed by atoms with van der Waals surface area (Å²) in [6.45, 7) is 3.93. The van der Waals surface area contributed by atoms with Crippen LogP contribution in [-0.4, -0.2) is 78.2 Å². The molecule has 10 nitrogen and oxygen atoms in total. The maximum Gasteiger partial charge on any atom is 0.328 e. The Morgan fingerprint density at radius 1 is 1.26 bits per heavy atom. The van der Waals surface area contributed by atoms with Crippen LogP contribution in [0.2, 0.25) is 0 Å². The normalized spacial score (nSPS) is 16.8. The highest BCUT2D eigenvalue weighted by molar-refractivity contribution is 5.96. The van der Waals surface area contributed by atoms with Crippen molar-refractivity contribution >= 4 is 29.6 Å². The van der Waals surface area contributed by atoms with Crippen molar-refractivity contribution in [3.63, 3.8) is 0 Å². The van der Waals surface area contributed by atoms with Gasteiger partial charge in [0, 0.05) is 26.4 Å². The molecule has 184 valence electrons. The molecule has 3 atom stereocenters. The van der Waals surface area contributed by atoms with E-state index in [1.165, 1.54) is 30.0 Å². The SMILES string of the molecule is C=CC(=O)N1CCC[C@H]1C(=O)N(C)[C@@H](Cc1ccccc1)C(=O)N[C@@H](CCC(N)=O)C(=O)OC. The van der Waals surface area contributed by atoms with E-state index in [1.807, 2.05) is 30.3 Å². The number of amides is 4. The zero-order valence-electron chi connectivity index (χ0n) is 19.6. The summed E-state index contributed by atoms with van der Waals surface area (Å²) < 4.78 is 4.75. The van der Waals surface area contributed by atoms with Crippen molar-refractivity contribution in [3.8, 4) is 0 Å². The molecule has 3 N–H and O–H groups in total. The van der Waals surface area contributed by atoms with Gasteiger partial charge in [0.15, 0.2) is 0 Å². The average Bonchev–Trinajstić information content (AvgIpc) is 3.33. The number of ether oxygens (including phenoxy) is 1. The fraction of sp³-hybridized carbons (Fsp3) is 0.458. The van der Waals surface area contributed by atoms with Gasteiger partial charge in [-0.15, -0.1) is 0 Å². The monoisotopic (exact) mass is 472 g/mol. The summed E-state index contributed by atoms with van der Waals surface area (Å²) in [6, 6.07) is 6.35. The van der Waals surface area contributed by atoms with E-state index in [-0.39, 0.29) is 31.1 Å². The molecular formula is C24H32N4O6. The number of hydrogen-bond donors (Lipinski definition) is 2. The first-order valence-electron chi connectivity index (χ1n) is 11.1. The minimum Gasteiger partial charge on any atom is -0.467 e. The Bertz CT molecular complexity index is 919. The number of carbonyl (C=O) groups excluding carboxylic acids is 5. The molecule has 10 heteroatoms. The van der Waals surface area contributed by atoms with Crippen molar-refractivity contribution in [1.82, 2.24) is 15.1 Å². The van der Waals surface area contributed by atoms with Crippen LogP contribution in [0.5, 0.6) is 0 Å². The van der Waals surface area contributed by atoms with E-state index >= 15 is 0 Å². The minimum atomic E-state index is -1.10. The summed E-state index contributed by atoms with van der Waals surface area (Å²) in [5.41, 5.74) is 5.99. The van der Waals surface area contributed by atoms with Crippen LogP contribution in [0.15, 0.2) is 43.0 Å². The van der Waals surface area contributed by atoms with Crippen LogP contribution < -0.4 is 11.1 Å². The molecule has 1 heterocycles. The number of nitrogens with zero attached hydrogens (tertiary/aromatic N) is 2. The van der Waals surface area contributed by atoms with Crippen molar-refractivity contribution in [3.05, 3.63) is 48.6 Å². The second kappa shape index (κ2) is 12.5. The second-order valence-corrected chi connectivity index (χ2v) is 8.14. The number of likely N-dealkylation sites (N-methyl/N-ethyl adjacent to an activating group) is 1. The zero-order valence-corrected chi connectivity index (χ0v) is 19.6. The first-order valence-corrected chi connectivity index (χ1v) is 11.1. The van der Waals surface area contributed by atoms with E-state index in [9.17, 15) is 24.0 Å². The van der Waals surface area contributed by atoms with Crippen molar-refractivity contribution < 1.29 is 28.7 Å². The Morgan fingerprint density at radius 2 is 1.94 bits per heavy atom. The molecule has 4 amide bonds. The van der Waals surface area contributed by atoms with Crippen LogP contribution in [0, 0.1) is 0 Å². The molecule has 1 aromatic rings. The zero-order chi connectivity index (χ0) is 25.3. The van der Waals surface area contributed by atoms with E-state index in [1.54, 1.807) is 0 Å². The summed E-state index contributed by atoms with van der Waals surface area (Å²) in [5.74, 6) is -2.65. The predicted octanol–water partition coefficient (Wildman–Crippen LogP) is 0.156. The number of nitrogens with two attached hydrogens (primary N) is 1. The molecule has 0 radical (unpaired) electrons.